The van der Waals surface area contributed by atoms with Gasteiger partial charge in [-0.3, -0.25) is 4.90 Å². The zero-order chi connectivity index (χ0) is 9.14. The SMILES string of the molecule is CC1CN(C(C)CC#N)CC1C. The van der Waals surface area contributed by atoms with Crippen LogP contribution in [-0.2, 0) is 0 Å². The Morgan fingerprint density at radius 1 is 1.42 bits per heavy atom. The first-order valence-corrected chi connectivity index (χ1v) is 4.76. The minimum absolute atomic E-state index is 0.447. The molecule has 0 N–H and O–H groups in total. The third kappa shape index (κ3) is 1.98. The van der Waals surface area contributed by atoms with Crippen molar-refractivity contribution in [1.82, 2.24) is 4.90 Å². The van der Waals surface area contributed by atoms with Gasteiger partial charge in [-0.15, -0.1) is 0 Å². The van der Waals surface area contributed by atoms with Crippen molar-refractivity contribution in [2.24, 2.45) is 11.8 Å². The fourth-order valence-corrected chi connectivity index (χ4v) is 1.80. The van der Waals surface area contributed by atoms with Crippen molar-refractivity contribution in [3.8, 4) is 6.07 Å². The van der Waals surface area contributed by atoms with Gasteiger partial charge >= 0.3 is 0 Å². The Hall–Kier alpha value is -0.550. The van der Waals surface area contributed by atoms with Crippen LogP contribution in [0.5, 0.6) is 0 Å². The molecule has 1 heterocycles. The lowest BCUT2D eigenvalue weighted by Crippen LogP contribution is -2.30. The molecule has 3 atom stereocenters. The molecular formula is C10H18N2. The number of likely N-dealkylation sites (tertiary alicyclic amines) is 1. The van der Waals surface area contributed by atoms with Crippen molar-refractivity contribution in [3.63, 3.8) is 0 Å². The molecule has 0 aliphatic carbocycles. The van der Waals surface area contributed by atoms with Gasteiger partial charge in [0, 0.05) is 19.1 Å². The molecule has 1 aliphatic rings. The van der Waals surface area contributed by atoms with Gasteiger partial charge in [-0.1, -0.05) is 13.8 Å². The highest BCUT2D eigenvalue weighted by Gasteiger charge is 2.28. The molecule has 0 aromatic heterocycles. The molecule has 2 heteroatoms. The first-order chi connectivity index (χ1) is 5.65. The molecule has 1 fully saturated rings. The van der Waals surface area contributed by atoms with E-state index >= 15 is 0 Å². The highest BCUT2D eigenvalue weighted by molar-refractivity contribution is 4.86. The largest absolute Gasteiger partial charge is 0.299 e. The summed E-state index contributed by atoms with van der Waals surface area (Å²) in [6, 6.07) is 2.68. The van der Waals surface area contributed by atoms with Gasteiger partial charge in [-0.05, 0) is 18.8 Å². The van der Waals surface area contributed by atoms with Crippen molar-refractivity contribution in [3.05, 3.63) is 0 Å². The van der Waals surface area contributed by atoms with Crippen LogP contribution in [0.1, 0.15) is 27.2 Å². The third-order valence-corrected chi connectivity index (χ3v) is 3.03. The van der Waals surface area contributed by atoms with E-state index in [1.54, 1.807) is 0 Å². The van der Waals surface area contributed by atoms with Crippen LogP contribution in [0.3, 0.4) is 0 Å². The van der Waals surface area contributed by atoms with Crippen LogP contribution in [0, 0.1) is 23.2 Å². The Labute approximate surface area is 75.2 Å². The quantitative estimate of drug-likeness (QED) is 0.626. The Bertz CT molecular complexity index is 173. The smallest absolute Gasteiger partial charge is 0.0638 e. The normalized spacial score (nSPS) is 33.2. The summed E-state index contributed by atoms with van der Waals surface area (Å²) < 4.78 is 0. The van der Waals surface area contributed by atoms with E-state index in [9.17, 15) is 0 Å². The molecule has 0 radical (unpaired) electrons. The van der Waals surface area contributed by atoms with Gasteiger partial charge in [0.15, 0.2) is 0 Å². The summed E-state index contributed by atoms with van der Waals surface area (Å²) in [5.74, 6) is 1.59. The number of hydrogen-bond acceptors (Lipinski definition) is 2. The fraction of sp³-hybridized carbons (Fsp3) is 0.900. The van der Waals surface area contributed by atoms with Crippen LogP contribution in [0.4, 0.5) is 0 Å². The van der Waals surface area contributed by atoms with E-state index in [1.165, 1.54) is 13.1 Å². The molecule has 0 spiro atoms. The van der Waals surface area contributed by atoms with Gasteiger partial charge in [0.05, 0.1) is 12.5 Å². The van der Waals surface area contributed by atoms with Crippen molar-refractivity contribution >= 4 is 0 Å². The Balaban J connectivity index is 2.41. The van der Waals surface area contributed by atoms with Crippen LogP contribution in [0.15, 0.2) is 0 Å². The molecule has 1 saturated heterocycles. The molecular weight excluding hydrogens is 148 g/mol. The second-order valence-corrected chi connectivity index (χ2v) is 4.12. The second-order valence-electron chi connectivity index (χ2n) is 4.12. The second kappa shape index (κ2) is 3.91. The van der Waals surface area contributed by atoms with Gasteiger partial charge in [-0.2, -0.15) is 5.26 Å². The molecule has 0 bridgehead atoms. The van der Waals surface area contributed by atoms with Crippen molar-refractivity contribution in [1.29, 1.82) is 5.26 Å². The molecule has 0 saturated carbocycles. The fourth-order valence-electron chi connectivity index (χ4n) is 1.80. The Morgan fingerprint density at radius 3 is 2.33 bits per heavy atom. The van der Waals surface area contributed by atoms with Crippen LogP contribution in [0.2, 0.25) is 0 Å². The maximum atomic E-state index is 8.55. The number of rotatable bonds is 2. The van der Waals surface area contributed by atoms with Gasteiger partial charge in [0.25, 0.3) is 0 Å². The average molecular weight is 166 g/mol. The standard InChI is InChI=1S/C10H18N2/c1-8-6-12(7-9(8)2)10(3)4-5-11/h8-10H,4,6-7H2,1-3H3. The lowest BCUT2D eigenvalue weighted by atomic mass is 10.0. The molecule has 1 rings (SSSR count). The van der Waals surface area contributed by atoms with Gasteiger partial charge in [0.1, 0.15) is 0 Å². The summed E-state index contributed by atoms with van der Waals surface area (Å²) in [6.45, 7) is 9.08. The molecule has 0 amide bonds. The van der Waals surface area contributed by atoms with Crippen LogP contribution in [0.25, 0.3) is 0 Å². The van der Waals surface area contributed by atoms with Gasteiger partial charge < -0.3 is 0 Å². The Morgan fingerprint density at radius 2 is 1.92 bits per heavy atom. The molecule has 3 unspecified atom stereocenters. The highest BCUT2D eigenvalue weighted by atomic mass is 15.2. The summed E-state index contributed by atoms with van der Waals surface area (Å²) in [6.07, 6.45) is 0.666. The lowest BCUT2D eigenvalue weighted by Gasteiger charge is -2.21. The van der Waals surface area contributed by atoms with Crippen LogP contribution in [-0.4, -0.2) is 24.0 Å². The predicted molar refractivity (Wildman–Crippen MR) is 49.6 cm³/mol. The minimum Gasteiger partial charge on any atom is -0.299 e. The zero-order valence-corrected chi connectivity index (χ0v) is 8.25. The maximum Gasteiger partial charge on any atom is 0.0638 e. The van der Waals surface area contributed by atoms with Crippen molar-refractivity contribution < 1.29 is 0 Å². The first kappa shape index (κ1) is 9.54. The monoisotopic (exact) mass is 166 g/mol. The van der Waals surface area contributed by atoms with Crippen molar-refractivity contribution in [2.45, 2.75) is 33.2 Å². The molecule has 68 valence electrons. The summed E-state index contributed by atoms with van der Waals surface area (Å²) in [5.41, 5.74) is 0. The van der Waals surface area contributed by atoms with E-state index in [0.29, 0.717) is 12.5 Å². The van der Waals surface area contributed by atoms with E-state index in [2.05, 4.69) is 31.7 Å². The molecule has 12 heavy (non-hydrogen) atoms. The summed E-state index contributed by atoms with van der Waals surface area (Å²) >= 11 is 0. The summed E-state index contributed by atoms with van der Waals surface area (Å²) in [7, 11) is 0. The zero-order valence-electron chi connectivity index (χ0n) is 8.25. The topological polar surface area (TPSA) is 27.0 Å². The molecule has 0 aromatic rings. The molecule has 2 nitrogen and oxygen atoms in total. The summed E-state index contributed by atoms with van der Waals surface area (Å²) in [4.78, 5) is 2.43. The maximum absolute atomic E-state index is 8.55. The van der Waals surface area contributed by atoms with Crippen molar-refractivity contribution in [2.75, 3.05) is 13.1 Å². The molecule has 1 aliphatic heterocycles. The predicted octanol–water partition coefficient (Wildman–Crippen LogP) is 1.88. The van der Waals surface area contributed by atoms with Crippen LogP contribution < -0.4 is 0 Å². The van der Waals surface area contributed by atoms with Gasteiger partial charge in [0.2, 0.25) is 0 Å². The number of nitrogens with zero attached hydrogens (tertiary/aromatic N) is 2. The minimum atomic E-state index is 0.447. The molecule has 0 aromatic carbocycles. The highest BCUT2D eigenvalue weighted by Crippen LogP contribution is 2.24. The number of hydrogen-bond donors (Lipinski definition) is 0. The van der Waals surface area contributed by atoms with E-state index in [4.69, 9.17) is 5.26 Å². The van der Waals surface area contributed by atoms with Gasteiger partial charge in [-0.25, -0.2) is 0 Å². The first-order valence-electron chi connectivity index (χ1n) is 4.76. The van der Waals surface area contributed by atoms with E-state index < -0.39 is 0 Å². The van der Waals surface area contributed by atoms with E-state index in [0.717, 1.165) is 11.8 Å². The summed E-state index contributed by atoms with van der Waals surface area (Å²) in [5, 5.41) is 8.55. The third-order valence-electron chi connectivity index (χ3n) is 3.03. The lowest BCUT2D eigenvalue weighted by molar-refractivity contribution is 0.250. The number of nitriles is 1. The van der Waals surface area contributed by atoms with E-state index in [1.807, 2.05) is 0 Å². The average Bonchev–Trinajstić information content (AvgIpc) is 2.33. The van der Waals surface area contributed by atoms with E-state index in [-0.39, 0.29) is 0 Å². The van der Waals surface area contributed by atoms with Crippen LogP contribution >= 0.6 is 0 Å². The Kier molecular flexibility index (Phi) is 3.11.